The maximum atomic E-state index is 14.8. The third kappa shape index (κ3) is 3.19. The molecule has 0 aliphatic rings. The molecule has 0 saturated carbocycles. The van der Waals surface area contributed by atoms with Crippen LogP contribution in [0.3, 0.4) is 0 Å². The Hall–Kier alpha value is -2.41. The van der Waals surface area contributed by atoms with Gasteiger partial charge in [0.25, 0.3) is 0 Å². The van der Waals surface area contributed by atoms with Crippen LogP contribution in [-0.4, -0.2) is 22.8 Å². The molecule has 0 unspecified atom stereocenters. The molecule has 0 amide bonds. The topological polar surface area (TPSA) is 51.5 Å². The van der Waals surface area contributed by atoms with Gasteiger partial charge < -0.3 is 14.4 Å². The molecule has 0 spiro atoms. The van der Waals surface area contributed by atoms with Crippen LogP contribution in [0.2, 0.25) is 0 Å². The van der Waals surface area contributed by atoms with E-state index in [2.05, 4.69) is 15.9 Å². The van der Waals surface area contributed by atoms with E-state index in [1.165, 1.54) is 13.2 Å². The summed E-state index contributed by atoms with van der Waals surface area (Å²) in [4.78, 5) is 11.3. The third-order valence-electron chi connectivity index (χ3n) is 4.38. The van der Waals surface area contributed by atoms with Crippen molar-refractivity contribution >= 4 is 32.8 Å². The number of methoxy groups -OCH3 is 1. The lowest BCUT2D eigenvalue weighted by Crippen LogP contribution is -2.05. The number of ether oxygens (including phenoxy) is 1. The van der Waals surface area contributed by atoms with Gasteiger partial charge in [0.05, 0.1) is 19.0 Å². The maximum absolute atomic E-state index is 14.8. The Balaban J connectivity index is 2.26. The zero-order chi connectivity index (χ0) is 19.0. The van der Waals surface area contributed by atoms with Crippen molar-refractivity contribution < 1.29 is 23.4 Å². The summed E-state index contributed by atoms with van der Waals surface area (Å²) in [6.45, 7) is 2.07. The Bertz CT molecular complexity index is 997. The van der Waals surface area contributed by atoms with Crippen molar-refractivity contribution in [2.24, 2.45) is 0 Å². The fourth-order valence-corrected chi connectivity index (χ4v) is 3.41. The van der Waals surface area contributed by atoms with Crippen molar-refractivity contribution in [2.75, 3.05) is 7.11 Å². The van der Waals surface area contributed by atoms with E-state index < -0.39 is 23.4 Å². The molecule has 3 rings (SSSR count). The lowest BCUT2D eigenvalue weighted by atomic mass is 10.1. The molecule has 136 valence electrons. The van der Waals surface area contributed by atoms with Gasteiger partial charge in [-0.15, -0.1) is 0 Å². The van der Waals surface area contributed by atoms with E-state index in [9.17, 15) is 18.7 Å². The van der Waals surface area contributed by atoms with Gasteiger partial charge in [-0.2, -0.15) is 0 Å². The van der Waals surface area contributed by atoms with Crippen LogP contribution >= 0.6 is 15.9 Å². The summed E-state index contributed by atoms with van der Waals surface area (Å²) in [6, 6.07) is 8.72. The summed E-state index contributed by atoms with van der Waals surface area (Å²) in [7, 11) is 1.18. The van der Waals surface area contributed by atoms with Crippen LogP contribution in [-0.2, 0) is 17.8 Å². The van der Waals surface area contributed by atoms with E-state index in [4.69, 9.17) is 4.74 Å². The van der Waals surface area contributed by atoms with Gasteiger partial charge in [0.15, 0.2) is 17.4 Å². The smallest absolute Gasteiger partial charge is 0.307 e. The predicted molar refractivity (Wildman–Crippen MR) is 97.7 cm³/mol. The number of nitrogens with zero attached hydrogens (tertiary/aromatic N) is 1. The third-order valence-corrected chi connectivity index (χ3v) is 4.90. The number of carboxylic acid groups (broad SMARTS) is 1. The number of carbonyl (C=O) groups is 1. The molecule has 26 heavy (non-hydrogen) atoms. The summed E-state index contributed by atoms with van der Waals surface area (Å²) < 4.78 is 36.6. The van der Waals surface area contributed by atoms with E-state index in [1.54, 1.807) is 11.5 Å². The number of fused-ring (bicyclic) bond motifs is 1. The van der Waals surface area contributed by atoms with Gasteiger partial charge >= 0.3 is 5.97 Å². The van der Waals surface area contributed by atoms with Gasteiger partial charge in [-0.05, 0) is 30.2 Å². The fraction of sp³-hybridized carbons (Fsp3) is 0.211. The zero-order valence-corrected chi connectivity index (χ0v) is 15.7. The predicted octanol–water partition coefficient (Wildman–Crippen LogP) is 4.67. The van der Waals surface area contributed by atoms with E-state index in [0.717, 1.165) is 10.0 Å². The Morgan fingerprint density at radius 2 is 1.92 bits per heavy atom. The summed E-state index contributed by atoms with van der Waals surface area (Å²) in [5.41, 5.74) is 2.13. The summed E-state index contributed by atoms with van der Waals surface area (Å²) in [5, 5.41) is 9.29. The normalized spacial score (nSPS) is 11.1. The van der Waals surface area contributed by atoms with Crippen molar-refractivity contribution in [3.05, 3.63) is 63.3 Å². The Morgan fingerprint density at radius 3 is 2.50 bits per heavy atom. The van der Waals surface area contributed by atoms with E-state index >= 15 is 0 Å². The molecule has 0 aliphatic heterocycles. The largest absolute Gasteiger partial charge is 0.491 e. The first-order chi connectivity index (χ1) is 12.3. The minimum Gasteiger partial charge on any atom is -0.491 e. The highest BCUT2D eigenvalue weighted by molar-refractivity contribution is 9.10. The maximum Gasteiger partial charge on any atom is 0.307 e. The first-order valence-electron chi connectivity index (χ1n) is 7.83. The highest BCUT2D eigenvalue weighted by atomic mass is 79.9. The van der Waals surface area contributed by atoms with Crippen LogP contribution in [0.25, 0.3) is 10.9 Å². The fourth-order valence-electron chi connectivity index (χ4n) is 3.14. The van der Waals surface area contributed by atoms with E-state index in [0.29, 0.717) is 23.3 Å². The number of carboxylic acids is 1. The van der Waals surface area contributed by atoms with Crippen LogP contribution in [0.4, 0.5) is 8.78 Å². The van der Waals surface area contributed by atoms with Gasteiger partial charge in [0.2, 0.25) is 0 Å². The molecule has 0 fully saturated rings. The standard InChI is InChI=1S/C19H16BrF2NO3/c1-10-13(7-16(24)25)17-15(8-14(21)19(26-2)18(17)22)23(10)9-11-3-5-12(20)6-4-11/h3-6,8H,7,9H2,1-2H3,(H,24,25). The highest BCUT2D eigenvalue weighted by Crippen LogP contribution is 2.36. The van der Waals surface area contributed by atoms with Gasteiger partial charge in [0, 0.05) is 28.2 Å². The van der Waals surface area contributed by atoms with E-state index in [1.807, 2.05) is 24.3 Å². The van der Waals surface area contributed by atoms with Crippen LogP contribution in [0.1, 0.15) is 16.8 Å². The second kappa shape index (κ2) is 7.07. The number of halogens is 3. The molecule has 4 nitrogen and oxygen atoms in total. The molecular formula is C19H16BrF2NO3. The van der Waals surface area contributed by atoms with Gasteiger partial charge in [-0.25, -0.2) is 8.78 Å². The van der Waals surface area contributed by atoms with Crippen LogP contribution in [0.5, 0.6) is 5.75 Å². The molecule has 0 radical (unpaired) electrons. The first kappa shape index (κ1) is 18.4. The minimum atomic E-state index is -1.08. The van der Waals surface area contributed by atoms with Gasteiger partial charge in [-0.3, -0.25) is 4.79 Å². The average Bonchev–Trinajstić information content (AvgIpc) is 2.82. The Labute approximate surface area is 157 Å². The summed E-state index contributed by atoms with van der Waals surface area (Å²) in [5.74, 6) is -3.30. The number of aromatic nitrogens is 1. The SMILES string of the molecule is COc1c(F)cc2c(c1F)c(CC(=O)O)c(C)n2Cc1ccc(Br)cc1. The van der Waals surface area contributed by atoms with Crippen molar-refractivity contribution in [1.82, 2.24) is 4.57 Å². The highest BCUT2D eigenvalue weighted by Gasteiger charge is 2.24. The van der Waals surface area contributed by atoms with Crippen molar-refractivity contribution in [3.8, 4) is 5.75 Å². The van der Waals surface area contributed by atoms with Gasteiger partial charge in [0.1, 0.15) is 0 Å². The number of rotatable bonds is 5. The average molecular weight is 424 g/mol. The molecule has 7 heteroatoms. The molecule has 1 aromatic heterocycles. The number of hydrogen-bond donors (Lipinski definition) is 1. The van der Waals surface area contributed by atoms with Crippen molar-refractivity contribution in [1.29, 1.82) is 0 Å². The molecule has 1 N–H and O–H groups in total. The molecular weight excluding hydrogens is 408 g/mol. The number of hydrogen-bond acceptors (Lipinski definition) is 2. The Morgan fingerprint density at radius 1 is 1.27 bits per heavy atom. The molecule has 0 bridgehead atoms. The van der Waals surface area contributed by atoms with Crippen molar-refractivity contribution in [2.45, 2.75) is 19.9 Å². The lowest BCUT2D eigenvalue weighted by molar-refractivity contribution is -0.136. The summed E-state index contributed by atoms with van der Waals surface area (Å²) >= 11 is 3.37. The zero-order valence-electron chi connectivity index (χ0n) is 14.1. The quantitative estimate of drug-likeness (QED) is 0.648. The second-order valence-electron chi connectivity index (χ2n) is 5.95. The molecule has 2 aromatic carbocycles. The number of benzene rings is 2. The van der Waals surface area contributed by atoms with Crippen molar-refractivity contribution in [3.63, 3.8) is 0 Å². The monoisotopic (exact) mass is 423 g/mol. The molecule has 0 atom stereocenters. The van der Waals surface area contributed by atoms with Gasteiger partial charge in [-0.1, -0.05) is 28.1 Å². The molecule has 3 aromatic rings. The molecule has 0 saturated heterocycles. The minimum absolute atomic E-state index is 0.0836. The first-order valence-corrected chi connectivity index (χ1v) is 8.62. The van der Waals surface area contributed by atoms with Crippen LogP contribution in [0.15, 0.2) is 34.8 Å². The second-order valence-corrected chi connectivity index (χ2v) is 6.86. The Kier molecular flexibility index (Phi) is 5.00. The molecule has 0 aliphatic carbocycles. The van der Waals surface area contributed by atoms with Crippen LogP contribution < -0.4 is 4.74 Å². The number of aliphatic carboxylic acids is 1. The lowest BCUT2D eigenvalue weighted by Gasteiger charge is -2.10. The van der Waals surface area contributed by atoms with Crippen LogP contribution in [0, 0.1) is 18.6 Å². The van der Waals surface area contributed by atoms with E-state index in [-0.39, 0.29) is 11.8 Å². The summed E-state index contributed by atoms with van der Waals surface area (Å²) in [6.07, 6.45) is -0.360. The molecule has 1 heterocycles.